The molecule has 41 heavy (non-hydrogen) atoms. The molecule has 0 unspecified atom stereocenters. The molecule has 220 valence electrons. The lowest BCUT2D eigenvalue weighted by molar-refractivity contribution is 0.288. The lowest BCUT2D eigenvalue weighted by atomic mass is 9.76. The van der Waals surface area contributed by atoms with Crippen molar-refractivity contribution < 1.29 is 27.0 Å². The van der Waals surface area contributed by atoms with Gasteiger partial charge in [0.2, 0.25) is 5.82 Å². The van der Waals surface area contributed by atoms with Crippen LogP contribution in [0, 0.1) is 29.2 Å². The van der Waals surface area contributed by atoms with Gasteiger partial charge < -0.3 is 9.47 Å². The third-order valence-corrected chi connectivity index (χ3v) is 8.09. The van der Waals surface area contributed by atoms with E-state index in [-0.39, 0.29) is 17.2 Å². The summed E-state index contributed by atoms with van der Waals surface area (Å²) >= 11 is 0. The van der Waals surface area contributed by atoms with Crippen LogP contribution in [0.3, 0.4) is 0 Å². The van der Waals surface area contributed by atoms with Gasteiger partial charge in [0.1, 0.15) is 5.75 Å². The second-order valence-electron chi connectivity index (χ2n) is 10.9. The van der Waals surface area contributed by atoms with Crippen LogP contribution in [-0.2, 0) is 6.42 Å². The predicted octanol–water partition coefficient (Wildman–Crippen LogP) is 10.3. The molecular formula is C35H40F4O2. The van der Waals surface area contributed by atoms with Crippen molar-refractivity contribution in [2.75, 3.05) is 13.2 Å². The molecular weight excluding hydrogens is 528 g/mol. The first-order valence-corrected chi connectivity index (χ1v) is 14.8. The van der Waals surface area contributed by atoms with E-state index < -0.39 is 23.3 Å². The zero-order valence-corrected chi connectivity index (χ0v) is 23.9. The summed E-state index contributed by atoms with van der Waals surface area (Å²) in [5.74, 6) is -2.48. The van der Waals surface area contributed by atoms with Crippen molar-refractivity contribution in [3.8, 4) is 22.6 Å². The molecule has 3 aromatic carbocycles. The predicted molar refractivity (Wildman–Crippen MR) is 157 cm³/mol. The van der Waals surface area contributed by atoms with Gasteiger partial charge in [-0.3, -0.25) is 0 Å². The molecule has 0 spiro atoms. The Bertz CT molecular complexity index is 1280. The minimum absolute atomic E-state index is 0.0594. The summed E-state index contributed by atoms with van der Waals surface area (Å²) in [6.45, 7) is 6.66. The number of allylic oxidation sites excluding steroid dienone is 1. The summed E-state index contributed by atoms with van der Waals surface area (Å²) in [6, 6.07) is 13.5. The molecule has 1 saturated carbocycles. The van der Waals surface area contributed by atoms with Crippen LogP contribution in [0.5, 0.6) is 11.5 Å². The zero-order chi connectivity index (χ0) is 29.2. The molecule has 0 bridgehead atoms. The van der Waals surface area contributed by atoms with Crippen molar-refractivity contribution in [1.29, 1.82) is 0 Å². The Morgan fingerprint density at radius 1 is 0.780 bits per heavy atom. The third kappa shape index (κ3) is 7.93. The maximum atomic E-state index is 15.2. The van der Waals surface area contributed by atoms with E-state index in [4.69, 9.17) is 9.47 Å². The number of unbranched alkanes of at least 4 members (excludes halogenated alkanes) is 2. The fourth-order valence-electron chi connectivity index (χ4n) is 5.58. The second-order valence-corrected chi connectivity index (χ2v) is 10.9. The number of benzene rings is 3. The van der Waals surface area contributed by atoms with Crippen molar-refractivity contribution in [2.24, 2.45) is 5.92 Å². The number of aryl methyl sites for hydroxylation is 1. The molecule has 0 atom stereocenters. The molecule has 1 aliphatic carbocycles. The number of rotatable bonds is 14. The lowest BCUT2D eigenvalue weighted by Gasteiger charge is -2.29. The van der Waals surface area contributed by atoms with Crippen molar-refractivity contribution in [3.05, 3.63) is 95.6 Å². The van der Waals surface area contributed by atoms with Gasteiger partial charge >= 0.3 is 0 Å². The van der Waals surface area contributed by atoms with E-state index in [1.165, 1.54) is 6.07 Å². The summed E-state index contributed by atoms with van der Waals surface area (Å²) in [6.07, 6.45) is 9.49. The average Bonchev–Trinajstić information content (AvgIpc) is 2.99. The summed E-state index contributed by atoms with van der Waals surface area (Å²) in [7, 11) is 0. The first kappa shape index (κ1) is 30.7. The van der Waals surface area contributed by atoms with E-state index in [0.717, 1.165) is 51.4 Å². The average molecular weight is 569 g/mol. The Kier molecular flexibility index (Phi) is 11.3. The molecule has 0 amide bonds. The minimum atomic E-state index is -0.943. The molecule has 1 fully saturated rings. The van der Waals surface area contributed by atoms with E-state index in [0.29, 0.717) is 54.4 Å². The molecule has 0 N–H and O–H groups in total. The third-order valence-electron chi connectivity index (χ3n) is 8.09. The number of hydrogen-bond acceptors (Lipinski definition) is 2. The molecule has 2 nitrogen and oxygen atoms in total. The van der Waals surface area contributed by atoms with Crippen LogP contribution in [0.4, 0.5) is 17.6 Å². The van der Waals surface area contributed by atoms with Crippen LogP contribution < -0.4 is 9.47 Å². The second kappa shape index (κ2) is 15.1. The fraction of sp³-hybridized carbons (Fsp3) is 0.429. The van der Waals surface area contributed by atoms with Crippen LogP contribution in [-0.4, -0.2) is 13.2 Å². The Labute approximate surface area is 241 Å². The van der Waals surface area contributed by atoms with E-state index in [1.807, 2.05) is 0 Å². The molecule has 4 rings (SSSR count). The van der Waals surface area contributed by atoms with Gasteiger partial charge in [0.25, 0.3) is 0 Å². The van der Waals surface area contributed by atoms with Crippen molar-refractivity contribution in [1.82, 2.24) is 0 Å². The number of halogens is 4. The lowest BCUT2D eigenvalue weighted by Crippen LogP contribution is -2.16. The van der Waals surface area contributed by atoms with Crippen LogP contribution in [0.1, 0.15) is 81.8 Å². The highest BCUT2D eigenvalue weighted by Gasteiger charge is 2.27. The van der Waals surface area contributed by atoms with Crippen LogP contribution >= 0.6 is 0 Å². The standard InChI is InChI=1S/C35H40F4O2/c1-3-5-7-23-41-31-21-16-27(32(36)35(31)39)13-10-24-8-11-25(12-9-24)29-19-20-30(34(38)33(29)37)26-14-17-28(18-15-26)40-22-6-4-2/h3,14-21,24-25H,1,4-13,22-23H2,2H3. The maximum Gasteiger partial charge on any atom is 0.200 e. The van der Waals surface area contributed by atoms with Gasteiger partial charge in [-0.2, -0.15) is 4.39 Å². The van der Waals surface area contributed by atoms with Crippen LogP contribution in [0.2, 0.25) is 0 Å². The molecule has 1 aliphatic rings. The highest BCUT2D eigenvalue weighted by molar-refractivity contribution is 5.65. The molecule has 0 saturated heterocycles. The molecule has 0 heterocycles. The van der Waals surface area contributed by atoms with E-state index >= 15 is 8.78 Å². The van der Waals surface area contributed by atoms with Gasteiger partial charge in [0.15, 0.2) is 23.2 Å². The van der Waals surface area contributed by atoms with E-state index in [2.05, 4.69) is 13.5 Å². The minimum Gasteiger partial charge on any atom is -0.494 e. The maximum absolute atomic E-state index is 15.2. The first-order chi connectivity index (χ1) is 19.9. The van der Waals surface area contributed by atoms with Crippen molar-refractivity contribution in [2.45, 2.75) is 77.0 Å². The summed E-state index contributed by atoms with van der Waals surface area (Å²) in [5.41, 5.74) is 1.60. The molecule has 6 heteroatoms. The van der Waals surface area contributed by atoms with Gasteiger partial charge in [-0.05, 0) is 105 Å². The Morgan fingerprint density at radius 2 is 1.51 bits per heavy atom. The smallest absolute Gasteiger partial charge is 0.200 e. The first-order valence-electron chi connectivity index (χ1n) is 14.8. The Balaban J connectivity index is 1.31. The van der Waals surface area contributed by atoms with Crippen LogP contribution in [0.15, 0.2) is 61.2 Å². The highest BCUT2D eigenvalue weighted by Crippen LogP contribution is 2.40. The van der Waals surface area contributed by atoms with Gasteiger partial charge in [-0.1, -0.05) is 49.8 Å². The fourth-order valence-corrected chi connectivity index (χ4v) is 5.58. The quantitative estimate of drug-likeness (QED) is 0.109. The van der Waals surface area contributed by atoms with Gasteiger partial charge in [-0.25, -0.2) is 13.2 Å². The monoisotopic (exact) mass is 568 g/mol. The molecule has 0 radical (unpaired) electrons. The largest absolute Gasteiger partial charge is 0.494 e. The molecule has 3 aromatic rings. The van der Waals surface area contributed by atoms with Gasteiger partial charge in [0.05, 0.1) is 13.2 Å². The summed E-state index contributed by atoms with van der Waals surface area (Å²) < 4.78 is 70.5. The Morgan fingerprint density at radius 3 is 2.22 bits per heavy atom. The van der Waals surface area contributed by atoms with E-state index in [9.17, 15) is 8.78 Å². The van der Waals surface area contributed by atoms with Gasteiger partial charge in [-0.15, -0.1) is 6.58 Å². The number of ether oxygens (including phenoxy) is 2. The normalized spacial score (nSPS) is 16.9. The number of hydrogen-bond donors (Lipinski definition) is 0. The Hall–Kier alpha value is -3.28. The zero-order valence-electron chi connectivity index (χ0n) is 23.9. The highest BCUT2D eigenvalue weighted by atomic mass is 19.2. The van der Waals surface area contributed by atoms with Crippen LogP contribution in [0.25, 0.3) is 11.1 Å². The SMILES string of the molecule is C=CCCCOc1ccc(CCC2CCC(c3ccc(-c4ccc(OCCCC)cc4)c(F)c3F)CC2)c(F)c1F. The summed E-state index contributed by atoms with van der Waals surface area (Å²) in [4.78, 5) is 0. The van der Waals surface area contributed by atoms with Gasteiger partial charge in [0, 0.05) is 5.56 Å². The van der Waals surface area contributed by atoms with Crippen molar-refractivity contribution in [3.63, 3.8) is 0 Å². The summed E-state index contributed by atoms with van der Waals surface area (Å²) in [5, 5.41) is 0. The van der Waals surface area contributed by atoms with Crippen molar-refractivity contribution >= 4 is 0 Å². The molecule has 0 aromatic heterocycles. The van der Waals surface area contributed by atoms with E-state index in [1.54, 1.807) is 48.5 Å². The topological polar surface area (TPSA) is 18.5 Å². The molecule has 0 aliphatic heterocycles.